The second kappa shape index (κ2) is 32.9. The minimum atomic E-state index is -1.54. The van der Waals surface area contributed by atoms with Crippen molar-refractivity contribution in [1.82, 2.24) is 30.2 Å². The largest absolute Gasteiger partial charge is 0.493 e. The molecule has 1 saturated heterocycles. The molecule has 2 aliphatic rings. The van der Waals surface area contributed by atoms with E-state index in [1.807, 2.05) is 55.5 Å². The van der Waals surface area contributed by atoms with E-state index in [1.165, 1.54) is 87.0 Å². The van der Waals surface area contributed by atoms with Gasteiger partial charge in [-0.2, -0.15) is 0 Å². The maximum absolute atomic E-state index is 16.0. The number of Topliss-reactive ketones (excluding diaryl/α,β-unsaturated/α-hetero) is 1. The van der Waals surface area contributed by atoms with E-state index in [4.69, 9.17) is 28.4 Å². The molecule has 2 aliphatic heterocycles. The number of ketones is 1. The number of nitrogens with zero attached hydrogens (tertiary/aromatic N) is 4. The summed E-state index contributed by atoms with van der Waals surface area (Å²) in [6, 6.07) is 17.4. The van der Waals surface area contributed by atoms with Crippen LogP contribution >= 0.6 is 0 Å². The number of nitrogens with one attached hydrogen (secondary N) is 2. The lowest BCUT2D eigenvalue weighted by molar-refractivity contribution is -0.165. The molecule has 5 atom stereocenters. The first kappa shape index (κ1) is 70.7. The molecule has 21 nitrogen and oxygen atoms in total. The number of piperidine rings is 1. The van der Waals surface area contributed by atoms with Crippen molar-refractivity contribution in [1.29, 1.82) is 0 Å². The number of aryl methyl sites for hydroxylation is 1. The van der Waals surface area contributed by atoms with E-state index >= 15 is 9.18 Å². The summed E-state index contributed by atoms with van der Waals surface area (Å²) in [6.07, 6.45) is 5.33. The van der Waals surface area contributed by atoms with Crippen molar-refractivity contribution in [2.75, 3.05) is 74.8 Å². The highest BCUT2D eigenvalue weighted by atomic mass is 19.1. The van der Waals surface area contributed by atoms with E-state index in [9.17, 15) is 38.4 Å². The van der Waals surface area contributed by atoms with Crippen molar-refractivity contribution in [3.63, 3.8) is 0 Å². The number of esters is 2. The first-order valence-corrected chi connectivity index (χ1v) is 30.7. The topological polar surface area (TPSA) is 246 Å². The number of methoxy groups -OCH3 is 2. The van der Waals surface area contributed by atoms with Crippen LogP contribution in [0, 0.1) is 11.2 Å². The number of rotatable bonds is 13. The van der Waals surface area contributed by atoms with Gasteiger partial charge in [-0.15, -0.1) is 0 Å². The Morgan fingerprint density at radius 1 is 0.744 bits per heavy atom. The Kier molecular flexibility index (Phi) is 25.8. The first-order chi connectivity index (χ1) is 42.7. The van der Waals surface area contributed by atoms with Crippen molar-refractivity contribution < 1.29 is 76.0 Å². The van der Waals surface area contributed by atoms with Gasteiger partial charge in [0.25, 0.3) is 11.8 Å². The first-order valence-electron chi connectivity index (χ1n) is 30.7. The van der Waals surface area contributed by atoms with Crippen LogP contribution in [0.25, 0.3) is 10.8 Å². The number of carbonyl (C=O) groups excluding carboxylic acids is 9. The molecule has 488 valence electrons. The molecule has 4 aromatic rings. The van der Waals surface area contributed by atoms with Crippen LogP contribution in [0.2, 0.25) is 0 Å². The summed E-state index contributed by atoms with van der Waals surface area (Å²) < 4.78 is 50.8. The molecule has 2 heterocycles. The van der Waals surface area contributed by atoms with Crippen molar-refractivity contribution in [3.8, 4) is 17.2 Å². The Morgan fingerprint density at radius 3 is 2.18 bits per heavy atom. The smallest absolute Gasteiger partial charge is 0.330 e. The number of hydrogen-bond acceptors (Lipinski definition) is 15. The molecule has 90 heavy (non-hydrogen) atoms. The Morgan fingerprint density at radius 2 is 1.47 bits per heavy atom. The SMILES string of the molecule is CCCCC[C@H]1C(=O)N[C@@H](Cc2ccc3ccccc3c2)C(=O)N(C)[C@@H](COC(C)(C)C)C(=O)NCC(=O)N(C)CC/C=C/C(=O)OCC(C)(C)C(=O)C(=O)N2CCCC[C@H]2C(=O)O[C@H](CCc2ccc(OC)c(OC)c2)c2ccc(F)c(c2)OCC(=O)N1C. The lowest BCUT2D eigenvalue weighted by Crippen LogP contribution is -2.59. The van der Waals surface area contributed by atoms with Crippen LogP contribution < -0.4 is 24.8 Å². The Balaban J connectivity index is 1.37. The highest BCUT2D eigenvalue weighted by molar-refractivity contribution is 6.38. The summed E-state index contributed by atoms with van der Waals surface area (Å²) in [5.41, 5.74) is -0.601. The molecule has 0 unspecified atom stereocenters. The van der Waals surface area contributed by atoms with E-state index in [0.29, 0.717) is 42.7 Å². The number of halogens is 1. The molecule has 2 N–H and O–H groups in total. The number of benzene rings is 4. The van der Waals surface area contributed by atoms with E-state index in [0.717, 1.165) is 34.9 Å². The summed E-state index contributed by atoms with van der Waals surface area (Å²) in [5.74, 6) is -7.11. The minimum Gasteiger partial charge on any atom is -0.493 e. The lowest BCUT2D eigenvalue weighted by atomic mass is 9.87. The fourth-order valence-corrected chi connectivity index (χ4v) is 10.5. The molecule has 0 aliphatic carbocycles. The van der Waals surface area contributed by atoms with Gasteiger partial charge in [0.15, 0.2) is 29.7 Å². The molecular weight excluding hydrogens is 1160 g/mol. The van der Waals surface area contributed by atoms with Gasteiger partial charge in [0.05, 0.1) is 38.4 Å². The quantitative estimate of drug-likeness (QED) is 0.0751. The predicted octanol–water partition coefficient (Wildman–Crippen LogP) is 7.42. The van der Waals surface area contributed by atoms with Crippen LogP contribution in [-0.4, -0.2) is 177 Å². The van der Waals surface area contributed by atoms with E-state index < -0.39 is 120 Å². The second-order valence-corrected chi connectivity index (χ2v) is 24.5. The van der Waals surface area contributed by atoms with E-state index in [-0.39, 0.29) is 69.5 Å². The fraction of sp³-hybridized carbons (Fsp3) is 0.515. The van der Waals surface area contributed by atoms with Crippen molar-refractivity contribution >= 4 is 63.9 Å². The molecule has 2 bridgehead atoms. The van der Waals surface area contributed by atoms with Gasteiger partial charge < -0.3 is 58.7 Å². The fourth-order valence-electron chi connectivity index (χ4n) is 10.5. The molecule has 0 spiro atoms. The molecule has 0 radical (unpaired) electrons. The van der Waals surface area contributed by atoms with E-state index in [2.05, 4.69) is 10.6 Å². The number of likely N-dealkylation sites (N-methyl/N-ethyl adjacent to an activating group) is 3. The van der Waals surface area contributed by atoms with Crippen molar-refractivity contribution in [2.45, 2.75) is 148 Å². The van der Waals surface area contributed by atoms with Gasteiger partial charge in [-0.3, -0.25) is 33.6 Å². The summed E-state index contributed by atoms with van der Waals surface area (Å²) in [5, 5.41) is 7.41. The Bertz CT molecular complexity index is 3230. The molecule has 4 aromatic carbocycles. The normalized spacial score (nSPS) is 21.7. The zero-order valence-corrected chi connectivity index (χ0v) is 53.9. The number of amides is 6. The van der Waals surface area contributed by atoms with Crippen LogP contribution in [0.1, 0.15) is 122 Å². The van der Waals surface area contributed by atoms with Gasteiger partial charge in [-0.1, -0.05) is 86.9 Å². The molecule has 0 aromatic heterocycles. The van der Waals surface area contributed by atoms with Gasteiger partial charge in [-0.25, -0.2) is 14.0 Å². The average Bonchev–Trinajstić information content (AvgIpc) is 1.04. The zero-order valence-electron chi connectivity index (χ0n) is 53.9. The maximum Gasteiger partial charge on any atom is 0.330 e. The van der Waals surface area contributed by atoms with E-state index in [1.54, 1.807) is 32.9 Å². The summed E-state index contributed by atoms with van der Waals surface area (Å²) >= 11 is 0. The van der Waals surface area contributed by atoms with Crippen LogP contribution in [-0.2, 0) is 70.2 Å². The lowest BCUT2D eigenvalue weighted by Gasteiger charge is -2.36. The molecular formula is C68H89FN6O15. The Labute approximate surface area is 527 Å². The van der Waals surface area contributed by atoms with Gasteiger partial charge >= 0.3 is 11.9 Å². The van der Waals surface area contributed by atoms with Gasteiger partial charge in [-0.05, 0) is 131 Å². The third kappa shape index (κ3) is 19.8. The summed E-state index contributed by atoms with van der Waals surface area (Å²) in [4.78, 5) is 133. The minimum absolute atomic E-state index is 0.0407. The molecule has 22 heteroatoms. The van der Waals surface area contributed by atoms with Gasteiger partial charge in [0.1, 0.15) is 36.9 Å². The third-order valence-corrected chi connectivity index (χ3v) is 16.1. The van der Waals surface area contributed by atoms with Crippen molar-refractivity contribution in [2.24, 2.45) is 5.41 Å². The average molecular weight is 1250 g/mol. The number of unbranched alkanes of at least 4 members (excludes halogenated alkanes) is 2. The van der Waals surface area contributed by atoms with Crippen LogP contribution in [0.4, 0.5) is 4.39 Å². The Hall–Kier alpha value is -8.40. The number of cyclic esters (lactones) is 2. The molecule has 0 saturated carbocycles. The summed E-state index contributed by atoms with van der Waals surface area (Å²) in [6.45, 7) is 8.36. The highest BCUT2D eigenvalue weighted by Gasteiger charge is 2.43. The molecule has 1 fully saturated rings. The number of fused-ring (bicyclic) bond motifs is 4. The van der Waals surface area contributed by atoms with Crippen LogP contribution in [0.5, 0.6) is 17.2 Å². The highest BCUT2D eigenvalue weighted by Crippen LogP contribution is 2.34. The monoisotopic (exact) mass is 1250 g/mol. The third-order valence-electron chi connectivity index (χ3n) is 16.1. The second-order valence-electron chi connectivity index (χ2n) is 24.5. The number of carbonyl (C=O) groups is 9. The maximum atomic E-state index is 16.0. The van der Waals surface area contributed by atoms with Gasteiger partial charge in [0.2, 0.25) is 29.4 Å². The van der Waals surface area contributed by atoms with Gasteiger partial charge in [0, 0.05) is 46.7 Å². The molecule has 6 amide bonds. The van der Waals surface area contributed by atoms with Crippen LogP contribution in [0.15, 0.2) is 91.0 Å². The standard InChI is InChI=1S/C68H89FN6O15/c1-12-13-14-23-51-63(81)71-50(37-45-26-29-46-21-15-16-22-47(46)36-45)64(82)74(9)53(41-89-67(2,3)4)62(80)70-40-58(76)72(7)34-19-18-25-60(78)88-43-68(5,6)61(79)65(83)75-35-20-17-24-52(75)66(84)90-54(32-27-44-28-33-55(85-10)57(38-44)86-11)48-30-31-49(69)56(39-48)87-42-59(77)73(51)8/h15-16,18,21-22,25-26,28-31,33,36,38-39,50-54H,12-14,17,19-20,23-24,27,32,34-35,37,40-43H2,1-11H3,(H,70,80)(H,71,81)/b25-18+/t50-,51-,52-,53-,54+/m0/s1. The zero-order chi connectivity index (χ0) is 65.9. The summed E-state index contributed by atoms with van der Waals surface area (Å²) in [7, 11) is 7.34. The predicted molar refractivity (Wildman–Crippen MR) is 335 cm³/mol. The number of ether oxygens (including phenoxy) is 6. The van der Waals surface area contributed by atoms with Crippen LogP contribution in [0.3, 0.4) is 0 Å². The van der Waals surface area contributed by atoms with Crippen molar-refractivity contribution in [3.05, 3.63) is 114 Å². The number of hydrogen-bond donors (Lipinski definition) is 2. The molecule has 6 rings (SSSR count).